The van der Waals surface area contributed by atoms with Gasteiger partial charge in [-0.15, -0.1) is 0 Å². The zero-order valence-corrected chi connectivity index (χ0v) is 19.4. The third-order valence-corrected chi connectivity index (χ3v) is 8.26. The normalized spacial score (nSPS) is 26.2. The van der Waals surface area contributed by atoms with Gasteiger partial charge in [-0.25, -0.2) is 4.79 Å². The van der Waals surface area contributed by atoms with Gasteiger partial charge in [-0.05, 0) is 72.9 Å². The van der Waals surface area contributed by atoms with Gasteiger partial charge in [0.15, 0.2) is 0 Å². The fraction of sp³-hybridized carbons (Fsp3) is 0.519. The summed E-state index contributed by atoms with van der Waals surface area (Å²) in [6.07, 6.45) is 9.73. The Labute approximate surface area is 200 Å². The number of urea groups is 1. The monoisotopic (exact) mass is 460 g/mol. The largest absolute Gasteiger partial charge is 0.487 e. The lowest BCUT2D eigenvalue weighted by Crippen LogP contribution is -2.56. The number of ether oxygens (including phenoxy) is 1. The number of hydrogen-bond acceptors (Lipinski definition) is 4. The number of aromatic nitrogens is 1. The molecule has 2 saturated heterocycles. The van der Waals surface area contributed by atoms with Crippen molar-refractivity contribution in [3.63, 3.8) is 0 Å². The molecule has 1 aromatic heterocycles. The summed E-state index contributed by atoms with van der Waals surface area (Å²) in [5.41, 5.74) is 1.92. The number of anilines is 1. The second kappa shape index (κ2) is 8.93. The maximum Gasteiger partial charge on any atom is 0.321 e. The number of rotatable bonds is 6. The Hall–Kier alpha value is -3.09. The minimum absolute atomic E-state index is 0.0508. The van der Waals surface area contributed by atoms with E-state index in [2.05, 4.69) is 16.4 Å². The Morgan fingerprint density at radius 2 is 1.82 bits per heavy atom. The third kappa shape index (κ3) is 4.36. The summed E-state index contributed by atoms with van der Waals surface area (Å²) >= 11 is 0. The first-order valence-electron chi connectivity index (χ1n) is 12.6. The Balaban J connectivity index is 0.917. The van der Waals surface area contributed by atoms with E-state index in [0.29, 0.717) is 43.9 Å². The van der Waals surface area contributed by atoms with E-state index in [1.54, 1.807) is 11.1 Å². The number of nitrogens with one attached hydrogen (secondary N) is 1. The van der Waals surface area contributed by atoms with Crippen LogP contribution < -0.4 is 10.1 Å². The van der Waals surface area contributed by atoms with Gasteiger partial charge in [-0.2, -0.15) is 0 Å². The Kier molecular flexibility index (Phi) is 5.63. The Morgan fingerprint density at radius 1 is 1.00 bits per heavy atom. The molecule has 2 aromatic rings. The van der Waals surface area contributed by atoms with Crippen molar-refractivity contribution in [2.75, 3.05) is 31.5 Å². The van der Waals surface area contributed by atoms with Crippen molar-refractivity contribution >= 4 is 17.6 Å². The van der Waals surface area contributed by atoms with E-state index in [-0.39, 0.29) is 12.1 Å². The molecule has 7 heteroatoms. The number of pyridine rings is 1. The van der Waals surface area contributed by atoms with E-state index >= 15 is 0 Å². The lowest BCUT2D eigenvalue weighted by molar-refractivity contribution is -0.141. The van der Waals surface area contributed by atoms with E-state index < -0.39 is 0 Å². The predicted molar refractivity (Wildman–Crippen MR) is 129 cm³/mol. The molecule has 1 N–H and O–H groups in total. The van der Waals surface area contributed by atoms with Crippen molar-refractivity contribution in [2.45, 2.75) is 44.1 Å². The van der Waals surface area contributed by atoms with Crippen LogP contribution in [0.2, 0.25) is 0 Å². The van der Waals surface area contributed by atoms with Gasteiger partial charge in [0.25, 0.3) is 0 Å². The molecule has 2 aliphatic carbocycles. The van der Waals surface area contributed by atoms with Crippen molar-refractivity contribution in [3.05, 3.63) is 54.4 Å². The third-order valence-electron chi connectivity index (χ3n) is 8.26. The number of nitrogens with zero attached hydrogens (tertiary/aromatic N) is 3. The summed E-state index contributed by atoms with van der Waals surface area (Å²) in [6.45, 7) is 2.76. The number of carbonyl (C=O) groups excluding carboxylic acids is 2. The van der Waals surface area contributed by atoms with Crippen molar-refractivity contribution < 1.29 is 14.3 Å². The molecule has 7 nitrogen and oxygen atoms in total. The fourth-order valence-corrected chi connectivity index (χ4v) is 6.18. The quantitative estimate of drug-likeness (QED) is 0.704. The molecule has 3 atom stereocenters. The fourth-order valence-electron chi connectivity index (χ4n) is 6.18. The van der Waals surface area contributed by atoms with Crippen LogP contribution in [0, 0.1) is 17.8 Å². The van der Waals surface area contributed by atoms with Crippen molar-refractivity contribution in [1.82, 2.24) is 14.8 Å². The van der Waals surface area contributed by atoms with Crippen LogP contribution in [0.25, 0.3) is 0 Å². The first kappa shape index (κ1) is 21.4. The van der Waals surface area contributed by atoms with Crippen LogP contribution in [0.3, 0.4) is 0 Å². The summed E-state index contributed by atoms with van der Waals surface area (Å²) in [7, 11) is 0. The van der Waals surface area contributed by atoms with Gasteiger partial charge < -0.3 is 19.9 Å². The van der Waals surface area contributed by atoms with Crippen molar-refractivity contribution in [3.8, 4) is 5.75 Å². The van der Waals surface area contributed by atoms with Crippen molar-refractivity contribution in [2.24, 2.45) is 17.8 Å². The highest BCUT2D eigenvalue weighted by atomic mass is 16.5. The molecule has 0 spiro atoms. The number of carbonyl (C=O) groups is 2. The number of fused-ring (bicyclic) bond motifs is 2. The molecule has 3 amide bonds. The Bertz CT molecular complexity index is 1030. The summed E-state index contributed by atoms with van der Waals surface area (Å²) in [6, 6.07) is 11.4. The van der Waals surface area contributed by atoms with Gasteiger partial charge in [0.2, 0.25) is 5.91 Å². The highest BCUT2D eigenvalue weighted by molar-refractivity contribution is 5.90. The summed E-state index contributed by atoms with van der Waals surface area (Å²) in [5.74, 6) is 3.72. The van der Waals surface area contributed by atoms with Crippen LogP contribution in [0.5, 0.6) is 5.75 Å². The number of benzene rings is 1. The van der Waals surface area contributed by atoms with Crippen LogP contribution >= 0.6 is 0 Å². The molecule has 4 fully saturated rings. The second-order valence-corrected chi connectivity index (χ2v) is 10.5. The molecule has 4 aliphatic rings. The molecule has 1 unspecified atom stereocenters. The van der Waals surface area contributed by atoms with E-state index in [1.165, 1.54) is 31.2 Å². The SMILES string of the molecule is O=C(CC1C[C@@H]2CC[C@H]1C2)N1CC(Oc2ccc(NC(=O)N3CC(c4cccnc4)C3)cc2)C1. The lowest BCUT2D eigenvalue weighted by atomic mass is 9.86. The molecule has 0 radical (unpaired) electrons. The zero-order valence-electron chi connectivity index (χ0n) is 19.4. The van der Waals surface area contributed by atoms with Crippen molar-refractivity contribution in [1.29, 1.82) is 0 Å². The summed E-state index contributed by atoms with van der Waals surface area (Å²) < 4.78 is 6.03. The zero-order chi connectivity index (χ0) is 23.1. The first-order chi connectivity index (χ1) is 16.6. The van der Waals surface area contributed by atoms with E-state index in [1.807, 2.05) is 41.4 Å². The molecule has 2 bridgehead atoms. The van der Waals surface area contributed by atoms with E-state index in [9.17, 15) is 9.59 Å². The number of likely N-dealkylation sites (tertiary alicyclic amines) is 2. The molecule has 3 heterocycles. The van der Waals surface area contributed by atoms with E-state index in [0.717, 1.165) is 29.7 Å². The van der Waals surface area contributed by atoms with E-state index in [4.69, 9.17) is 4.74 Å². The van der Waals surface area contributed by atoms with Crippen LogP contribution in [-0.2, 0) is 4.79 Å². The topological polar surface area (TPSA) is 74.8 Å². The first-order valence-corrected chi connectivity index (χ1v) is 12.6. The minimum Gasteiger partial charge on any atom is -0.487 e. The second-order valence-electron chi connectivity index (χ2n) is 10.5. The maximum atomic E-state index is 12.6. The maximum absolute atomic E-state index is 12.6. The molecular formula is C27H32N4O3. The smallest absolute Gasteiger partial charge is 0.321 e. The van der Waals surface area contributed by atoms with Gasteiger partial charge >= 0.3 is 6.03 Å². The number of hydrogen-bond donors (Lipinski definition) is 1. The van der Waals surface area contributed by atoms with Gasteiger partial charge in [0.1, 0.15) is 11.9 Å². The highest BCUT2D eigenvalue weighted by Gasteiger charge is 2.42. The molecule has 34 heavy (non-hydrogen) atoms. The predicted octanol–water partition coefficient (Wildman–Crippen LogP) is 4.13. The number of amides is 3. The Morgan fingerprint density at radius 3 is 2.50 bits per heavy atom. The van der Waals surface area contributed by atoms with Gasteiger partial charge in [-0.1, -0.05) is 12.5 Å². The molecule has 2 aliphatic heterocycles. The molecule has 178 valence electrons. The summed E-state index contributed by atoms with van der Waals surface area (Å²) in [4.78, 5) is 33.0. The van der Waals surface area contributed by atoms with Crippen LogP contribution in [0.15, 0.2) is 48.8 Å². The molecule has 2 saturated carbocycles. The van der Waals surface area contributed by atoms with Crippen LogP contribution in [-0.4, -0.2) is 59.0 Å². The van der Waals surface area contributed by atoms with Crippen LogP contribution in [0.1, 0.15) is 43.6 Å². The van der Waals surface area contributed by atoms with Gasteiger partial charge in [0, 0.05) is 43.5 Å². The standard InChI is InChI=1S/C27H32N4O3/c32-26(12-21-11-18-3-4-19(21)10-18)30-16-25(17-30)34-24-7-5-23(6-8-24)29-27(33)31-14-22(15-31)20-2-1-9-28-13-20/h1-2,5-9,13,18-19,21-22,25H,3-4,10-12,14-17H2,(H,29,33)/t18-,19+,21?/m1/s1. The average molecular weight is 461 g/mol. The molecule has 6 rings (SSSR count). The van der Waals surface area contributed by atoms with Crippen LogP contribution in [0.4, 0.5) is 10.5 Å². The molecule has 1 aromatic carbocycles. The van der Waals surface area contributed by atoms with Gasteiger partial charge in [0.05, 0.1) is 13.1 Å². The molecular weight excluding hydrogens is 428 g/mol. The average Bonchev–Trinajstić information content (AvgIpc) is 3.40. The van der Waals surface area contributed by atoms with Gasteiger partial charge in [-0.3, -0.25) is 9.78 Å². The summed E-state index contributed by atoms with van der Waals surface area (Å²) in [5, 5.41) is 2.95. The minimum atomic E-state index is -0.0857. The lowest BCUT2D eigenvalue weighted by Gasteiger charge is -2.40. The highest BCUT2D eigenvalue weighted by Crippen LogP contribution is 2.49.